The van der Waals surface area contributed by atoms with E-state index in [4.69, 9.17) is 5.73 Å². The van der Waals surface area contributed by atoms with Crippen LogP contribution in [0.5, 0.6) is 0 Å². The minimum Gasteiger partial charge on any atom is -0.396 e. The van der Waals surface area contributed by atoms with Crippen molar-refractivity contribution in [2.24, 2.45) is 11.8 Å². The summed E-state index contributed by atoms with van der Waals surface area (Å²) in [6.45, 7) is -0.545. The fraction of sp³-hybridized carbons (Fsp3) is 0.583. The quantitative estimate of drug-likeness (QED) is 0.587. The lowest BCUT2D eigenvalue weighted by molar-refractivity contribution is 0.0957. The number of aromatic nitrogens is 4. The van der Waals surface area contributed by atoms with Crippen LogP contribution in [0.1, 0.15) is 12.5 Å². The van der Waals surface area contributed by atoms with Crippen LogP contribution in [0, 0.1) is 11.8 Å². The smallest absolute Gasteiger partial charge is 0.280 e. The highest BCUT2D eigenvalue weighted by molar-refractivity contribution is 5.70. The number of anilines is 1. The zero-order chi connectivity index (χ0) is 15.1. The summed E-state index contributed by atoms with van der Waals surface area (Å²) in [5.74, 6) is -1.05. The second kappa shape index (κ2) is 5.08. The van der Waals surface area contributed by atoms with Gasteiger partial charge in [0.05, 0.1) is 12.4 Å². The van der Waals surface area contributed by atoms with Crippen LogP contribution in [0.25, 0.3) is 11.2 Å². The molecule has 2 heterocycles. The molecule has 0 bridgehead atoms. The lowest BCUT2D eigenvalue weighted by Crippen LogP contribution is -2.25. The first-order valence-electron chi connectivity index (χ1n) is 6.65. The second-order valence-corrected chi connectivity index (χ2v) is 5.31. The summed E-state index contributed by atoms with van der Waals surface area (Å²) in [5.41, 5.74) is 5.32. The highest BCUT2D eigenvalue weighted by Crippen LogP contribution is 2.42. The number of hydrogen-bond donors (Lipinski definition) is 4. The summed E-state index contributed by atoms with van der Waals surface area (Å²) in [4.78, 5) is 22.0. The number of fused-ring (bicyclic) bond motifs is 1. The van der Waals surface area contributed by atoms with Gasteiger partial charge in [0.1, 0.15) is 6.17 Å². The van der Waals surface area contributed by atoms with Gasteiger partial charge in [-0.25, -0.2) is 9.37 Å². The van der Waals surface area contributed by atoms with Crippen LogP contribution in [0.3, 0.4) is 0 Å². The number of nitrogens with two attached hydrogens (primary N) is 1. The van der Waals surface area contributed by atoms with Crippen molar-refractivity contribution in [3.05, 3.63) is 16.7 Å². The standard InChI is InChI=1S/C12H16FN5O3/c13-8-6(3-20)5(2-19)1-7(8)18-4-15-9-10(18)16-12(14)17-11(9)21/h4-8,19-20H,1-3H2,(H3,14,16,17,21)/t5-,6-,7-,8+/m1/s1. The molecule has 114 valence electrons. The number of rotatable bonds is 3. The number of hydrogen-bond acceptors (Lipinski definition) is 6. The molecule has 4 atom stereocenters. The first kappa shape index (κ1) is 14.0. The minimum atomic E-state index is -1.35. The van der Waals surface area contributed by atoms with Crippen molar-refractivity contribution in [3.63, 3.8) is 0 Å². The SMILES string of the molecule is Nc1nc2c(ncn2[C@@H]2C[C@H](CO)[C@@H](CO)[C@@H]2F)c(=O)[nH]1. The van der Waals surface area contributed by atoms with E-state index in [0.29, 0.717) is 6.42 Å². The molecule has 8 nitrogen and oxygen atoms in total. The molecule has 21 heavy (non-hydrogen) atoms. The van der Waals surface area contributed by atoms with Crippen LogP contribution in [0.4, 0.5) is 10.3 Å². The molecule has 1 fully saturated rings. The normalized spacial score (nSPS) is 29.3. The average molecular weight is 297 g/mol. The summed E-state index contributed by atoms with van der Waals surface area (Å²) < 4.78 is 16.0. The van der Waals surface area contributed by atoms with Gasteiger partial charge in [0.15, 0.2) is 11.2 Å². The number of alkyl halides is 1. The van der Waals surface area contributed by atoms with Gasteiger partial charge in [-0.05, 0) is 12.3 Å². The summed E-state index contributed by atoms with van der Waals surface area (Å²) in [6.07, 6.45) is 0.326. The second-order valence-electron chi connectivity index (χ2n) is 5.31. The van der Waals surface area contributed by atoms with Gasteiger partial charge in [0, 0.05) is 19.1 Å². The lowest BCUT2D eigenvalue weighted by atomic mass is 9.97. The van der Waals surface area contributed by atoms with E-state index in [2.05, 4.69) is 15.0 Å². The maximum absolute atomic E-state index is 14.5. The summed E-state index contributed by atoms with van der Waals surface area (Å²) >= 11 is 0. The van der Waals surface area contributed by atoms with Crippen molar-refractivity contribution < 1.29 is 14.6 Å². The van der Waals surface area contributed by atoms with Crippen LogP contribution in [-0.2, 0) is 0 Å². The molecule has 1 saturated carbocycles. The van der Waals surface area contributed by atoms with E-state index in [0.717, 1.165) is 0 Å². The number of halogens is 1. The van der Waals surface area contributed by atoms with E-state index < -0.39 is 23.7 Å². The molecule has 3 rings (SSSR count). The molecule has 0 amide bonds. The molecule has 0 aromatic carbocycles. The Kier molecular flexibility index (Phi) is 3.38. The van der Waals surface area contributed by atoms with E-state index in [-0.39, 0.29) is 36.2 Å². The third kappa shape index (κ3) is 2.09. The molecule has 0 saturated heterocycles. The number of imidazole rings is 1. The van der Waals surface area contributed by atoms with Gasteiger partial charge in [-0.3, -0.25) is 9.78 Å². The summed E-state index contributed by atoms with van der Waals surface area (Å²) in [5, 5.41) is 18.6. The Morgan fingerprint density at radius 1 is 1.48 bits per heavy atom. The minimum absolute atomic E-state index is 0.0694. The molecule has 9 heteroatoms. The Labute approximate surface area is 118 Å². The van der Waals surface area contributed by atoms with Crippen LogP contribution in [0.2, 0.25) is 0 Å². The van der Waals surface area contributed by atoms with E-state index in [1.165, 1.54) is 10.9 Å². The maximum Gasteiger partial charge on any atom is 0.280 e. The number of nitrogens with zero attached hydrogens (tertiary/aromatic N) is 3. The van der Waals surface area contributed by atoms with E-state index in [9.17, 15) is 19.4 Å². The number of aliphatic hydroxyl groups is 2. The molecular weight excluding hydrogens is 281 g/mol. The van der Waals surface area contributed by atoms with Gasteiger partial charge in [-0.1, -0.05) is 0 Å². The molecular formula is C12H16FN5O3. The van der Waals surface area contributed by atoms with Gasteiger partial charge >= 0.3 is 0 Å². The van der Waals surface area contributed by atoms with Crippen molar-refractivity contribution in [2.45, 2.75) is 18.6 Å². The van der Waals surface area contributed by atoms with Crippen molar-refractivity contribution in [3.8, 4) is 0 Å². The largest absolute Gasteiger partial charge is 0.396 e. The van der Waals surface area contributed by atoms with Gasteiger partial charge in [-0.2, -0.15) is 4.98 Å². The monoisotopic (exact) mass is 297 g/mol. The van der Waals surface area contributed by atoms with Crippen molar-refractivity contribution in [1.82, 2.24) is 19.5 Å². The number of aromatic amines is 1. The number of nitrogen functional groups attached to an aromatic ring is 1. The van der Waals surface area contributed by atoms with E-state index in [1.807, 2.05) is 0 Å². The number of nitrogens with one attached hydrogen (secondary N) is 1. The third-order valence-corrected chi connectivity index (χ3v) is 4.18. The molecule has 2 aromatic heterocycles. The molecule has 2 aromatic rings. The topological polar surface area (TPSA) is 130 Å². The fourth-order valence-electron chi connectivity index (χ4n) is 3.07. The number of aliphatic hydroxyl groups excluding tert-OH is 2. The van der Waals surface area contributed by atoms with E-state index in [1.54, 1.807) is 0 Å². The average Bonchev–Trinajstić information content (AvgIpc) is 2.99. The van der Waals surface area contributed by atoms with Gasteiger partial charge in [0.25, 0.3) is 5.56 Å². The Balaban J connectivity index is 2.07. The van der Waals surface area contributed by atoms with Crippen LogP contribution >= 0.6 is 0 Å². The van der Waals surface area contributed by atoms with Gasteiger partial charge in [-0.15, -0.1) is 0 Å². The summed E-state index contributed by atoms with van der Waals surface area (Å²) in [7, 11) is 0. The van der Waals surface area contributed by atoms with Gasteiger partial charge in [0.2, 0.25) is 5.95 Å². The van der Waals surface area contributed by atoms with E-state index >= 15 is 0 Å². The predicted octanol–water partition coefficient (Wildman–Crippen LogP) is -0.798. The zero-order valence-electron chi connectivity index (χ0n) is 11.1. The Hall–Kier alpha value is -2.00. The fourth-order valence-corrected chi connectivity index (χ4v) is 3.07. The molecule has 0 spiro atoms. The lowest BCUT2D eigenvalue weighted by Gasteiger charge is -2.18. The molecule has 1 aliphatic carbocycles. The highest BCUT2D eigenvalue weighted by Gasteiger charge is 2.44. The Morgan fingerprint density at radius 2 is 2.24 bits per heavy atom. The molecule has 1 aliphatic rings. The van der Waals surface area contributed by atoms with Crippen molar-refractivity contribution >= 4 is 17.1 Å². The molecule has 0 aliphatic heterocycles. The van der Waals surface area contributed by atoms with Gasteiger partial charge < -0.3 is 20.5 Å². The van der Waals surface area contributed by atoms with Crippen LogP contribution in [-0.4, -0.2) is 49.1 Å². The number of H-pyrrole nitrogens is 1. The zero-order valence-corrected chi connectivity index (χ0v) is 11.1. The van der Waals surface area contributed by atoms with Crippen LogP contribution in [0.15, 0.2) is 11.1 Å². The summed E-state index contributed by atoms with van der Waals surface area (Å²) in [6, 6.07) is -0.641. The first-order chi connectivity index (χ1) is 10.1. The van der Waals surface area contributed by atoms with Crippen molar-refractivity contribution in [2.75, 3.05) is 18.9 Å². The molecule has 0 unspecified atom stereocenters. The van der Waals surface area contributed by atoms with Crippen molar-refractivity contribution in [1.29, 1.82) is 0 Å². The maximum atomic E-state index is 14.5. The van der Waals surface area contributed by atoms with Crippen LogP contribution < -0.4 is 11.3 Å². The first-order valence-corrected chi connectivity index (χ1v) is 6.65. The Bertz CT molecular complexity index is 714. The Morgan fingerprint density at radius 3 is 2.86 bits per heavy atom. The predicted molar refractivity (Wildman–Crippen MR) is 72.3 cm³/mol. The highest BCUT2D eigenvalue weighted by atomic mass is 19.1. The molecule has 0 radical (unpaired) electrons. The molecule has 5 N–H and O–H groups in total. The third-order valence-electron chi connectivity index (χ3n) is 4.18.